The van der Waals surface area contributed by atoms with Crippen LogP contribution in [0.2, 0.25) is 0 Å². The van der Waals surface area contributed by atoms with E-state index in [9.17, 15) is 0 Å². The van der Waals surface area contributed by atoms with Crippen LogP contribution in [0.5, 0.6) is 0 Å². The predicted octanol–water partition coefficient (Wildman–Crippen LogP) is 4.16. The van der Waals surface area contributed by atoms with Crippen LogP contribution in [-0.4, -0.2) is 9.97 Å². The smallest absolute Gasteiger partial charge is 0.0885 e. The SMILES string of the molecule is CC(C)(C)c1ccc2[nH]c(C(C)(C)C)cc2n1. The van der Waals surface area contributed by atoms with Crippen LogP contribution < -0.4 is 0 Å². The Morgan fingerprint density at radius 1 is 0.941 bits per heavy atom. The first-order valence-corrected chi connectivity index (χ1v) is 6.19. The van der Waals surface area contributed by atoms with Gasteiger partial charge in [0.15, 0.2) is 0 Å². The molecule has 17 heavy (non-hydrogen) atoms. The maximum absolute atomic E-state index is 4.75. The summed E-state index contributed by atoms with van der Waals surface area (Å²) in [7, 11) is 0. The zero-order valence-corrected chi connectivity index (χ0v) is 11.7. The highest BCUT2D eigenvalue weighted by Gasteiger charge is 2.19. The number of aromatic nitrogens is 2. The maximum Gasteiger partial charge on any atom is 0.0885 e. The molecule has 0 aromatic carbocycles. The van der Waals surface area contributed by atoms with Gasteiger partial charge in [0.2, 0.25) is 0 Å². The Hall–Kier alpha value is -1.31. The van der Waals surface area contributed by atoms with Crippen molar-refractivity contribution >= 4 is 11.0 Å². The quantitative estimate of drug-likeness (QED) is 0.723. The first kappa shape index (κ1) is 12.2. The molecular weight excluding hydrogens is 208 g/mol. The largest absolute Gasteiger partial charge is 0.357 e. The van der Waals surface area contributed by atoms with Crippen molar-refractivity contribution in [3.8, 4) is 0 Å². The van der Waals surface area contributed by atoms with E-state index in [4.69, 9.17) is 4.98 Å². The van der Waals surface area contributed by atoms with Gasteiger partial charge in [-0.3, -0.25) is 4.98 Å². The van der Waals surface area contributed by atoms with E-state index in [2.05, 4.69) is 64.7 Å². The average molecular weight is 230 g/mol. The number of rotatable bonds is 0. The van der Waals surface area contributed by atoms with Gasteiger partial charge in [-0.1, -0.05) is 41.5 Å². The number of fused-ring (bicyclic) bond motifs is 1. The predicted molar refractivity (Wildman–Crippen MR) is 73.5 cm³/mol. The van der Waals surface area contributed by atoms with Crippen molar-refractivity contribution < 1.29 is 0 Å². The zero-order chi connectivity index (χ0) is 12.8. The minimum Gasteiger partial charge on any atom is -0.357 e. The average Bonchev–Trinajstić information content (AvgIpc) is 2.57. The second-order valence-corrected chi connectivity index (χ2v) is 6.81. The molecule has 0 fully saturated rings. The van der Waals surface area contributed by atoms with Gasteiger partial charge in [-0.25, -0.2) is 0 Å². The van der Waals surface area contributed by atoms with Crippen molar-refractivity contribution in [1.82, 2.24) is 9.97 Å². The Balaban J connectivity index is 2.56. The van der Waals surface area contributed by atoms with Crippen LogP contribution in [0.1, 0.15) is 52.9 Å². The summed E-state index contributed by atoms with van der Waals surface area (Å²) in [5.41, 5.74) is 4.83. The monoisotopic (exact) mass is 230 g/mol. The molecule has 0 saturated heterocycles. The zero-order valence-electron chi connectivity index (χ0n) is 11.7. The Morgan fingerprint density at radius 3 is 2.12 bits per heavy atom. The van der Waals surface area contributed by atoms with Crippen LogP contribution in [0.4, 0.5) is 0 Å². The minimum atomic E-state index is 0.105. The van der Waals surface area contributed by atoms with Gasteiger partial charge in [0.1, 0.15) is 0 Å². The summed E-state index contributed by atoms with van der Waals surface area (Å²) in [4.78, 5) is 8.20. The van der Waals surface area contributed by atoms with Crippen molar-refractivity contribution in [2.45, 2.75) is 52.4 Å². The van der Waals surface area contributed by atoms with Gasteiger partial charge in [-0.2, -0.15) is 0 Å². The molecule has 2 heterocycles. The van der Waals surface area contributed by atoms with Gasteiger partial charge in [-0.05, 0) is 18.2 Å². The van der Waals surface area contributed by atoms with Crippen molar-refractivity contribution in [3.05, 3.63) is 29.6 Å². The Labute approximate surface area is 103 Å². The van der Waals surface area contributed by atoms with E-state index < -0.39 is 0 Å². The summed E-state index contributed by atoms with van der Waals surface area (Å²) in [6.45, 7) is 13.2. The van der Waals surface area contributed by atoms with Gasteiger partial charge in [-0.15, -0.1) is 0 Å². The molecule has 0 aliphatic carbocycles. The molecule has 92 valence electrons. The molecule has 0 bridgehead atoms. The summed E-state index contributed by atoms with van der Waals surface area (Å²) in [5, 5.41) is 0. The fourth-order valence-electron chi connectivity index (χ4n) is 1.83. The second-order valence-electron chi connectivity index (χ2n) is 6.81. The van der Waals surface area contributed by atoms with E-state index in [0.717, 1.165) is 16.7 Å². The molecule has 0 atom stereocenters. The van der Waals surface area contributed by atoms with E-state index in [-0.39, 0.29) is 10.8 Å². The molecule has 0 spiro atoms. The van der Waals surface area contributed by atoms with Crippen LogP contribution in [-0.2, 0) is 10.8 Å². The lowest BCUT2D eigenvalue weighted by Gasteiger charge is -2.17. The first-order valence-electron chi connectivity index (χ1n) is 6.19. The number of hydrogen-bond donors (Lipinski definition) is 1. The van der Waals surface area contributed by atoms with Crippen LogP contribution in [0.3, 0.4) is 0 Å². The number of aromatic amines is 1. The van der Waals surface area contributed by atoms with E-state index >= 15 is 0 Å². The molecule has 1 N–H and O–H groups in total. The third-order valence-corrected chi connectivity index (χ3v) is 3.05. The van der Waals surface area contributed by atoms with E-state index in [1.54, 1.807) is 0 Å². The number of nitrogens with zero attached hydrogens (tertiary/aromatic N) is 1. The van der Waals surface area contributed by atoms with Gasteiger partial charge in [0, 0.05) is 22.2 Å². The fraction of sp³-hybridized carbons (Fsp3) is 0.533. The molecule has 2 nitrogen and oxygen atoms in total. The lowest BCUT2D eigenvalue weighted by Crippen LogP contribution is -2.12. The Kier molecular flexibility index (Phi) is 2.57. The normalized spacial score (nSPS) is 13.3. The fourth-order valence-corrected chi connectivity index (χ4v) is 1.83. The first-order chi connectivity index (χ1) is 7.68. The van der Waals surface area contributed by atoms with Crippen molar-refractivity contribution in [3.63, 3.8) is 0 Å². The summed E-state index contributed by atoms with van der Waals surface area (Å²) in [6, 6.07) is 6.42. The topological polar surface area (TPSA) is 28.7 Å². The van der Waals surface area contributed by atoms with Crippen LogP contribution in [0.15, 0.2) is 18.2 Å². The van der Waals surface area contributed by atoms with Crippen molar-refractivity contribution in [1.29, 1.82) is 0 Å². The molecule has 0 unspecified atom stereocenters. The van der Waals surface area contributed by atoms with Crippen LogP contribution in [0.25, 0.3) is 11.0 Å². The molecule has 0 saturated carbocycles. The molecule has 0 amide bonds. The van der Waals surface area contributed by atoms with Gasteiger partial charge in [0.25, 0.3) is 0 Å². The van der Waals surface area contributed by atoms with E-state index in [1.165, 1.54) is 5.69 Å². The Morgan fingerprint density at radius 2 is 1.59 bits per heavy atom. The third-order valence-electron chi connectivity index (χ3n) is 3.05. The standard InChI is InChI=1S/C15H22N2/c1-14(2,3)12-8-7-10-11(17-12)9-13(16-10)15(4,5)6/h7-9,16H,1-6H3. The van der Waals surface area contributed by atoms with E-state index in [1.807, 2.05) is 0 Å². The molecule has 0 aliphatic rings. The molecule has 2 heteroatoms. The molecule has 0 radical (unpaired) electrons. The van der Waals surface area contributed by atoms with Gasteiger partial charge < -0.3 is 4.98 Å². The highest BCUT2D eigenvalue weighted by atomic mass is 14.8. The summed E-state index contributed by atoms with van der Waals surface area (Å²) >= 11 is 0. The Bertz CT molecular complexity index is 524. The van der Waals surface area contributed by atoms with Crippen molar-refractivity contribution in [2.75, 3.05) is 0 Å². The van der Waals surface area contributed by atoms with Crippen molar-refractivity contribution in [2.24, 2.45) is 0 Å². The molecule has 2 rings (SSSR count). The maximum atomic E-state index is 4.75. The molecular formula is C15H22N2. The van der Waals surface area contributed by atoms with Crippen LogP contribution in [0, 0.1) is 0 Å². The summed E-state index contributed by atoms with van der Waals surface area (Å²) in [6.07, 6.45) is 0. The van der Waals surface area contributed by atoms with Crippen LogP contribution >= 0.6 is 0 Å². The number of pyridine rings is 1. The minimum absolute atomic E-state index is 0.105. The molecule has 2 aromatic rings. The van der Waals surface area contributed by atoms with E-state index in [0.29, 0.717) is 0 Å². The van der Waals surface area contributed by atoms with Gasteiger partial charge in [0.05, 0.1) is 11.0 Å². The molecule has 0 aliphatic heterocycles. The lowest BCUT2D eigenvalue weighted by atomic mass is 9.91. The third kappa shape index (κ3) is 2.36. The second kappa shape index (κ2) is 3.59. The highest BCUT2D eigenvalue weighted by molar-refractivity contribution is 5.76. The highest BCUT2D eigenvalue weighted by Crippen LogP contribution is 2.27. The molecule has 2 aromatic heterocycles. The number of hydrogen-bond acceptors (Lipinski definition) is 1. The number of H-pyrrole nitrogens is 1. The van der Waals surface area contributed by atoms with Gasteiger partial charge >= 0.3 is 0 Å². The number of nitrogens with one attached hydrogen (secondary N) is 1. The summed E-state index contributed by atoms with van der Waals surface area (Å²) < 4.78 is 0. The lowest BCUT2D eigenvalue weighted by molar-refractivity contribution is 0.571. The summed E-state index contributed by atoms with van der Waals surface area (Å²) in [5.74, 6) is 0.